The van der Waals surface area contributed by atoms with E-state index in [1.807, 2.05) is 23.2 Å². The van der Waals surface area contributed by atoms with E-state index < -0.39 is 24.3 Å². The van der Waals surface area contributed by atoms with E-state index in [0.717, 1.165) is 51.1 Å². The van der Waals surface area contributed by atoms with Gasteiger partial charge in [-0.1, -0.05) is 11.2 Å². The molecule has 1 aliphatic carbocycles. The van der Waals surface area contributed by atoms with E-state index in [-0.39, 0.29) is 11.5 Å². The molecule has 2 aromatic rings. The SMILES string of the molecule is CN(Cc1cccnc1)CC1CCC2(CN(C(=O)c3cc(C4CC4)on3)C2)OC1.O=C(O)C(F)(F)F.O=C(O)C(F)(F)F. The molecule has 0 radical (unpaired) electrons. The molecule has 2 aromatic heterocycles. The van der Waals surface area contributed by atoms with E-state index in [0.29, 0.717) is 30.6 Å². The van der Waals surface area contributed by atoms with E-state index in [2.05, 4.69) is 28.2 Å². The van der Waals surface area contributed by atoms with Crippen LogP contribution >= 0.6 is 0 Å². The minimum Gasteiger partial charge on any atom is -0.475 e. The van der Waals surface area contributed by atoms with Gasteiger partial charge in [-0.05, 0) is 50.3 Å². The number of pyridine rings is 1. The van der Waals surface area contributed by atoms with E-state index in [4.69, 9.17) is 29.1 Å². The van der Waals surface area contributed by atoms with Crippen molar-refractivity contribution in [3.05, 3.63) is 47.6 Å². The van der Waals surface area contributed by atoms with Crippen LogP contribution in [0.4, 0.5) is 26.3 Å². The molecule has 1 saturated carbocycles. The van der Waals surface area contributed by atoms with Crippen LogP contribution < -0.4 is 0 Å². The normalized spacial score (nSPS) is 19.4. The van der Waals surface area contributed by atoms with Crippen LogP contribution in [-0.4, -0.2) is 99.2 Å². The van der Waals surface area contributed by atoms with E-state index in [1.165, 1.54) is 5.56 Å². The standard InChI is InChI=1S/C22H28N4O3.2C2HF3O2/c1-25(11-16-3-2-8-23-10-16)12-17-6-7-22(28-13-17)14-26(15-22)21(27)19-9-20(29-24-19)18-4-5-18;2*3-2(4,5)1(6)7/h2-3,8-10,17-18H,4-7,11-15H2,1H3;2*(H,6,7). The van der Waals surface area contributed by atoms with Gasteiger partial charge in [0.2, 0.25) is 0 Å². The van der Waals surface area contributed by atoms with Crippen molar-refractivity contribution < 1.29 is 60.2 Å². The Morgan fingerprint density at radius 1 is 1.07 bits per heavy atom. The molecule has 1 spiro atoms. The molecule has 5 rings (SSSR count). The number of alkyl halides is 6. The van der Waals surface area contributed by atoms with Gasteiger partial charge in [-0.2, -0.15) is 26.3 Å². The van der Waals surface area contributed by atoms with Crippen LogP contribution in [0.3, 0.4) is 0 Å². The first-order chi connectivity index (χ1) is 20.0. The molecule has 1 unspecified atom stereocenters. The van der Waals surface area contributed by atoms with Gasteiger partial charge in [-0.3, -0.25) is 9.78 Å². The lowest BCUT2D eigenvalue weighted by atomic mass is 9.82. The number of nitrogens with zero attached hydrogens (tertiary/aromatic N) is 4. The fourth-order valence-electron chi connectivity index (χ4n) is 4.52. The first-order valence-electron chi connectivity index (χ1n) is 13.1. The highest BCUT2D eigenvalue weighted by Crippen LogP contribution is 2.41. The quantitative estimate of drug-likeness (QED) is 0.453. The molecule has 3 aliphatic rings. The third-order valence-electron chi connectivity index (χ3n) is 6.84. The van der Waals surface area contributed by atoms with E-state index in [9.17, 15) is 31.1 Å². The molecule has 43 heavy (non-hydrogen) atoms. The van der Waals surface area contributed by atoms with Crippen LogP contribution in [0.15, 0.2) is 35.1 Å². The molecule has 2 N–H and O–H groups in total. The zero-order chi connectivity index (χ0) is 32.0. The molecule has 238 valence electrons. The smallest absolute Gasteiger partial charge is 0.475 e. The van der Waals surface area contributed by atoms with Crippen LogP contribution in [-0.2, 0) is 20.9 Å². The number of likely N-dealkylation sites (tertiary alicyclic amines) is 1. The molecule has 11 nitrogen and oxygen atoms in total. The highest BCUT2D eigenvalue weighted by molar-refractivity contribution is 5.93. The average Bonchev–Trinajstić information content (AvgIpc) is 3.64. The Labute approximate surface area is 241 Å². The summed E-state index contributed by atoms with van der Waals surface area (Å²) in [6.07, 6.45) is -2.02. The van der Waals surface area contributed by atoms with Gasteiger partial charge in [0.25, 0.3) is 5.91 Å². The molecule has 17 heteroatoms. The zero-order valence-corrected chi connectivity index (χ0v) is 22.9. The van der Waals surface area contributed by atoms with Crippen LogP contribution in [0.5, 0.6) is 0 Å². The highest BCUT2D eigenvalue weighted by Gasteiger charge is 2.49. The Balaban J connectivity index is 0.000000303. The summed E-state index contributed by atoms with van der Waals surface area (Å²) in [6.45, 7) is 4.00. The third-order valence-corrected chi connectivity index (χ3v) is 6.84. The van der Waals surface area contributed by atoms with Crippen LogP contribution in [0.2, 0.25) is 0 Å². The molecule has 2 saturated heterocycles. The molecular weight excluding hydrogens is 594 g/mol. The number of aromatic nitrogens is 2. The van der Waals surface area contributed by atoms with Crippen molar-refractivity contribution >= 4 is 17.8 Å². The number of carbonyl (C=O) groups is 3. The van der Waals surface area contributed by atoms with Crippen molar-refractivity contribution in [3.63, 3.8) is 0 Å². The van der Waals surface area contributed by atoms with Crippen molar-refractivity contribution in [2.75, 3.05) is 33.3 Å². The molecule has 3 fully saturated rings. The summed E-state index contributed by atoms with van der Waals surface area (Å²) in [5.74, 6) is -3.69. The Hall–Kier alpha value is -3.73. The fourth-order valence-corrected chi connectivity index (χ4v) is 4.52. The molecule has 0 bridgehead atoms. The molecule has 0 aromatic carbocycles. The maximum atomic E-state index is 12.6. The molecule has 1 amide bonds. The largest absolute Gasteiger partial charge is 0.490 e. The van der Waals surface area contributed by atoms with Gasteiger partial charge in [0.05, 0.1) is 19.7 Å². The number of hydrogen-bond donors (Lipinski definition) is 2. The monoisotopic (exact) mass is 624 g/mol. The second kappa shape index (κ2) is 13.7. The number of carbonyl (C=O) groups excluding carboxylic acids is 1. The molecule has 1 atom stereocenters. The van der Waals surface area contributed by atoms with Crippen molar-refractivity contribution in [2.45, 2.75) is 56.1 Å². The van der Waals surface area contributed by atoms with Crippen LogP contribution in [0.25, 0.3) is 0 Å². The summed E-state index contributed by atoms with van der Waals surface area (Å²) in [5.41, 5.74) is 1.51. The number of rotatable bonds is 6. The maximum Gasteiger partial charge on any atom is 0.490 e. The van der Waals surface area contributed by atoms with Crippen molar-refractivity contribution in [1.82, 2.24) is 19.9 Å². The highest BCUT2D eigenvalue weighted by atomic mass is 19.4. The van der Waals surface area contributed by atoms with E-state index in [1.54, 1.807) is 6.20 Å². The van der Waals surface area contributed by atoms with Crippen molar-refractivity contribution in [3.8, 4) is 0 Å². The van der Waals surface area contributed by atoms with Crippen molar-refractivity contribution in [1.29, 1.82) is 0 Å². The Kier molecular flexibility index (Phi) is 10.8. The average molecular weight is 625 g/mol. The summed E-state index contributed by atoms with van der Waals surface area (Å²) >= 11 is 0. The van der Waals surface area contributed by atoms with Gasteiger partial charge in [0, 0.05) is 37.5 Å². The second-order valence-electron chi connectivity index (χ2n) is 10.6. The summed E-state index contributed by atoms with van der Waals surface area (Å²) in [5, 5.41) is 18.2. The predicted molar refractivity (Wildman–Crippen MR) is 134 cm³/mol. The van der Waals surface area contributed by atoms with E-state index >= 15 is 0 Å². The van der Waals surface area contributed by atoms with Gasteiger partial charge in [0.15, 0.2) is 5.69 Å². The van der Waals surface area contributed by atoms with Crippen molar-refractivity contribution in [2.24, 2.45) is 5.92 Å². The van der Waals surface area contributed by atoms with Crippen LogP contribution in [0, 0.1) is 5.92 Å². The lowest BCUT2D eigenvalue weighted by molar-refractivity contribution is -0.193. The number of halogens is 6. The lowest BCUT2D eigenvalue weighted by Crippen LogP contribution is -2.66. The van der Waals surface area contributed by atoms with Gasteiger partial charge in [0.1, 0.15) is 11.4 Å². The van der Waals surface area contributed by atoms with Gasteiger partial charge in [-0.25, -0.2) is 9.59 Å². The van der Waals surface area contributed by atoms with Gasteiger partial charge < -0.3 is 29.3 Å². The fraction of sp³-hybridized carbons (Fsp3) is 0.577. The van der Waals surface area contributed by atoms with Crippen LogP contribution in [0.1, 0.15) is 53.4 Å². The summed E-state index contributed by atoms with van der Waals surface area (Å²) in [4.78, 5) is 38.8. The number of ether oxygens (including phenoxy) is 1. The Bertz CT molecular complexity index is 1210. The number of carboxylic acids is 2. The predicted octanol–water partition coefficient (Wildman–Crippen LogP) is 3.97. The first kappa shape index (κ1) is 33.8. The summed E-state index contributed by atoms with van der Waals surface area (Å²) in [6, 6.07) is 5.91. The maximum absolute atomic E-state index is 12.6. The van der Waals surface area contributed by atoms with Gasteiger partial charge >= 0.3 is 24.3 Å². The summed E-state index contributed by atoms with van der Waals surface area (Å²) in [7, 11) is 2.15. The molecule has 4 heterocycles. The number of amides is 1. The zero-order valence-electron chi connectivity index (χ0n) is 22.9. The number of carboxylic acid groups (broad SMARTS) is 2. The molecular formula is C26H30F6N4O7. The lowest BCUT2D eigenvalue weighted by Gasteiger charge is -2.52. The molecule has 2 aliphatic heterocycles. The Morgan fingerprint density at radius 2 is 1.67 bits per heavy atom. The number of hydrogen-bond acceptors (Lipinski definition) is 8. The second-order valence-corrected chi connectivity index (χ2v) is 10.6. The topological polar surface area (TPSA) is 146 Å². The summed E-state index contributed by atoms with van der Waals surface area (Å²) < 4.78 is 75.1. The number of aliphatic carboxylic acids is 2. The minimum absolute atomic E-state index is 0.0341. The third kappa shape index (κ3) is 10.2. The first-order valence-corrected chi connectivity index (χ1v) is 13.1. The Morgan fingerprint density at radius 3 is 2.14 bits per heavy atom. The minimum atomic E-state index is -5.08. The van der Waals surface area contributed by atoms with Gasteiger partial charge in [-0.15, -0.1) is 0 Å².